The molecule has 1 heterocycles. The predicted molar refractivity (Wildman–Crippen MR) is 68.6 cm³/mol. The van der Waals surface area contributed by atoms with Gasteiger partial charge in [0.05, 0.1) is 5.54 Å². The summed E-state index contributed by atoms with van der Waals surface area (Å²) in [5.41, 5.74) is 1.66. The monoisotopic (exact) mass is 235 g/mol. The van der Waals surface area contributed by atoms with Crippen LogP contribution in [0.15, 0.2) is 18.5 Å². The number of aromatic nitrogens is 1. The van der Waals surface area contributed by atoms with Gasteiger partial charge in [-0.15, -0.1) is 0 Å². The number of nitrogens with one attached hydrogen (secondary N) is 2. The number of carbonyl (C=O) groups is 1. The Morgan fingerprint density at radius 1 is 1.47 bits per heavy atom. The summed E-state index contributed by atoms with van der Waals surface area (Å²) >= 11 is 0. The minimum absolute atomic E-state index is 0.00978. The lowest BCUT2D eigenvalue weighted by Crippen LogP contribution is -2.52. The molecule has 0 bridgehead atoms. The predicted octanol–water partition coefficient (Wildman–Crippen LogP) is 1.39. The molecule has 0 atom stereocenters. The average molecular weight is 235 g/mol. The SMILES string of the molecule is CCNC(C)(C)C(=O)NCc1ccncc1C. The molecule has 0 fully saturated rings. The maximum atomic E-state index is 12.0. The van der Waals surface area contributed by atoms with Crippen LogP contribution in [0.4, 0.5) is 0 Å². The Labute approximate surface area is 103 Å². The molecule has 0 saturated carbocycles. The molecule has 1 amide bonds. The smallest absolute Gasteiger partial charge is 0.239 e. The van der Waals surface area contributed by atoms with Crippen LogP contribution >= 0.6 is 0 Å². The van der Waals surface area contributed by atoms with Gasteiger partial charge in [-0.25, -0.2) is 0 Å². The Hall–Kier alpha value is -1.42. The first kappa shape index (κ1) is 13.6. The quantitative estimate of drug-likeness (QED) is 0.811. The van der Waals surface area contributed by atoms with Crippen LogP contribution < -0.4 is 10.6 Å². The molecule has 2 N–H and O–H groups in total. The molecule has 1 aromatic rings. The molecule has 1 rings (SSSR count). The summed E-state index contributed by atoms with van der Waals surface area (Å²) in [4.78, 5) is 16.0. The van der Waals surface area contributed by atoms with E-state index in [9.17, 15) is 4.79 Å². The van der Waals surface area contributed by atoms with E-state index in [0.717, 1.165) is 17.7 Å². The molecule has 4 nitrogen and oxygen atoms in total. The van der Waals surface area contributed by atoms with Crippen molar-refractivity contribution in [2.75, 3.05) is 6.54 Å². The fourth-order valence-electron chi connectivity index (χ4n) is 1.62. The lowest BCUT2D eigenvalue weighted by Gasteiger charge is -2.24. The Morgan fingerprint density at radius 3 is 2.76 bits per heavy atom. The third-order valence-corrected chi connectivity index (χ3v) is 2.76. The maximum Gasteiger partial charge on any atom is 0.239 e. The molecule has 17 heavy (non-hydrogen) atoms. The summed E-state index contributed by atoms with van der Waals surface area (Å²) in [6.45, 7) is 9.05. The topological polar surface area (TPSA) is 54.0 Å². The van der Waals surface area contributed by atoms with Crippen LogP contribution in [0, 0.1) is 6.92 Å². The lowest BCUT2D eigenvalue weighted by molar-refractivity contribution is -0.126. The first-order chi connectivity index (χ1) is 7.97. The minimum atomic E-state index is -0.532. The van der Waals surface area contributed by atoms with Crippen molar-refractivity contribution in [2.45, 2.75) is 39.8 Å². The highest BCUT2D eigenvalue weighted by molar-refractivity contribution is 5.85. The fourth-order valence-corrected chi connectivity index (χ4v) is 1.62. The zero-order chi connectivity index (χ0) is 12.9. The molecule has 94 valence electrons. The zero-order valence-electron chi connectivity index (χ0n) is 11.0. The molecule has 0 unspecified atom stereocenters. The van der Waals surface area contributed by atoms with Gasteiger partial charge in [0.25, 0.3) is 0 Å². The minimum Gasteiger partial charge on any atom is -0.350 e. The maximum absolute atomic E-state index is 12.0. The van der Waals surface area contributed by atoms with Crippen molar-refractivity contribution in [1.82, 2.24) is 15.6 Å². The van der Waals surface area contributed by atoms with Crippen molar-refractivity contribution >= 4 is 5.91 Å². The van der Waals surface area contributed by atoms with Gasteiger partial charge in [-0.05, 0) is 44.5 Å². The van der Waals surface area contributed by atoms with Gasteiger partial charge in [0, 0.05) is 18.9 Å². The van der Waals surface area contributed by atoms with Crippen LogP contribution in [0.3, 0.4) is 0 Å². The zero-order valence-corrected chi connectivity index (χ0v) is 11.0. The molecule has 0 saturated heterocycles. The third-order valence-electron chi connectivity index (χ3n) is 2.76. The second-order valence-electron chi connectivity index (χ2n) is 4.64. The fraction of sp³-hybridized carbons (Fsp3) is 0.538. The molecule has 1 aromatic heterocycles. The number of rotatable bonds is 5. The van der Waals surface area contributed by atoms with E-state index >= 15 is 0 Å². The van der Waals surface area contributed by atoms with Gasteiger partial charge in [-0.3, -0.25) is 9.78 Å². The molecule has 4 heteroatoms. The van der Waals surface area contributed by atoms with Crippen molar-refractivity contribution in [3.63, 3.8) is 0 Å². The Kier molecular flexibility index (Phi) is 4.63. The third kappa shape index (κ3) is 3.82. The van der Waals surface area contributed by atoms with Gasteiger partial charge in [-0.2, -0.15) is 0 Å². The molecule has 0 aliphatic heterocycles. The van der Waals surface area contributed by atoms with Gasteiger partial charge in [0.2, 0.25) is 5.91 Å². The van der Waals surface area contributed by atoms with Crippen molar-refractivity contribution in [3.8, 4) is 0 Å². The normalized spacial score (nSPS) is 11.3. The van der Waals surface area contributed by atoms with E-state index in [1.54, 1.807) is 12.4 Å². The van der Waals surface area contributed by atoms with E-state index in [-0.39, 0.29) is 5.91 Å². The molecule has 0 spiro atoms. The molecule has 0 radical (unpaired) electrons. The van der Waals surface area contributed by atoms with Crippen molar-refractivity contribution in [2.24, 2.45) is 0 Å². The standard InChI is InChI=1S/C13H21N3O/c1-5-16-13(3,4)12(17)15-9-11-6-7-14-8-10(11)2/h6-8,16H,5,9H2,1-4H3,(H,15,17). The van der Waals surface area contributed by atoms with E-state index in [1.165, 1.54) is 0 Å². The van der Waals surface area contributed by atoms with Crippen LogP contribution in [-0.2, 0) is 11.3 Å². The molecule has 0 aliphatic carbocycles. The van der Waals surface area contributed by atoms with E-state index in [0.29, 0.717) is 6.54 Å². The van der Waals surface area contributed by atoms with Crippen LogP contribution in [0.25, 0.3) is 0 Å². The number of likely N-dealkylation sites (N-methyl/N-ethyl adjacent to an activating group) is 1. The van der Waals surface area contributed by atoms with E-state index in [1.807, 2.05) is 33.8 Å². The lowest BCUT2D eigenvalue weighted by atomic mass is 10.0. The van der Waals surface area contributed by atoms with E-state index < -0.39 is 5.54 Å². The number of pyridine rings is 1. The van der Waals surface area contributed by atoms with Gasteiger partial charge in [0.1, 0.15) is 0 Å². The highest BCUT2D eigenvalue weighted by Crippen LogP contribution is 2.06. The Bertz CT molecular complexity index is 388. The second kappa shape index (κ2) is 5.77. The number of aryl methyl sites for hydroxylation is 1. The number of nitrogens with zero attached hydrogens (tertiary/aromatic N) is 1. The van der Waals surface area contributed by atoms with Crippen molar-refractivity contribution < 1.29 is 4.79 Å². The van der Waals surface area contributed by atoms with Gasteiger partial charge < -0.3 is 10.6 Å². The number of hydrogen-bond acceptors (Lipinski definition) is 3. The summed E-state index contributed by atoms with van der Waals surface area (Å²) in [7, 11) is 0. The van der Waals surface area contributed by atoms with Gasteiger partial charge in [-0.1, -0.05) is 6.92 Å². The number of amides is 1. The summed E-state index contributed by atoms with van der Waals surface area (Å²) in [6.07, 6.45) is 3.54. The average Bonchev–Trinajstić information content (AvgIpc) is 2.27. The number of carbonyl (C=O) groups excluding carboxylic acids is 1. The number of hydrogen-bond donors (Lipinski definition) is 2. The largest absolute Gasteiger partial charge is 0.350 e. The first-order valence-corrected chi connectivity index (χ1v) is 5.90. The van der Waals surface area contributed by atoms with Crippen LogP contribution in [0.2, 0.25) is 0 Å². The molecule has 0 aromatic carbocycles. The van der Waals surface area contributed by atoms with Crippen LogP contribution in [0.5, 0.6) is 0 Å². The highest BCUT2D eigenvalue weighted by Gasteiger charge is 2.25. The van der Waals surface area contributed by atoms with Crippen LogP contribution in [0.1, 0.15) is 31.9 Å². The summed E-state index contributed by atoms with van der Waals surface area (Å²) in [5, 5.41) is 6.08. The van der Waals surface area contributed by atoms with Crippen LogP contribution in [-0.4, -0.2) is 23.0 Å². The summed E-state index contributed by atoms with van der Waals surface area (Å²) < 4.78 is 0. The van der Waals surface area contributed by atoms with Crippen molar-refractivity contribution in [1.29, 1.82) is 0 Å². The second-order valence-corrected chi connectivity index (χ2v) is 4.64. The molecular formula is C13H21N3O. The molecular weight excluding hydrogens is 214 g/mol. The van der Waals surface area contributed by atoms with Gasteiger partial charge in [0.15, 0.2) is 0 Å². The van der Waals surface area contributed by atoms with Crippen molar-refractivity contribution in [3.05, 3.63) is 29.6 Å². The first-order valence-electron chi connectivity index (χ1n) is 5.90. The molecule has 0 aliphatic rings. The summed E-state index contributed by atoms with van der Waals surface area (Å²) in [5.74, 6) is 0.00978. The Balaban J connectivity index is 2.57. The van der Waals surface area contributed by atoms with E-state index in [4.69, 9.17) is 0 Å². The van der Waals surface area contributed by atoms with E-state index in [2.05, 4.69) is 15.6 Å². The van der Waals surface area contributed by atoms with Gasteiger partial charge >= 0.3 is 0 Å². The summed E-state index contributed by atoms with van der Waals surface area (Å²) in [6, 6.07) is 1.93. The highest BCUT2D eigenvalue weighted by atomic mass is 16.2. The Morgan fingerprint density at radius 2 is 2.18 bits per heavy atom.